The average molecular weight is 437 g/mol. The van der Waals surface area contributed by atoms with Crippen molar-refractivity contribution in [3.05, 3.63) is 66.4 Å². The first-order valence-corrected chi connectivity index (χ1v) is 11.7. The maximum absolute atomic E-state index is 11.3. The van der Waals surface area contributed by atoms with Crippen molar-refractivity contribution in [1.82, 2.24) is 4.57 Å². The number of nitrogens with two attached hydrogens (primary N) is 1. The molecule has 1 aromatic heterocycles. The minimum Gasteiger partial charge on any atom is -0.480 e. The van der Waals surface area contributed by atoms with Gasteiger partial charge in [-0.2, -0.15) is 0 Å². The van der Waals surface area contributed by atoms with Crippen molar-refractivity contribution in [2.75, 3.05) is 6.61 Å². The zero-order chi connectivity index (χ0) is 22.8. The van der Waals surface area contributed by atoms with Gasteiger partial charge in [-0.05, 0) is 49.7 Å². The molecule has 32 heavy (non-hydrogen) atoms. The molecule has 3 N–H and O–H groups in total. The molecule has 1 unspecified atom stereocenters. The van der Waals surface area contributed by atoms with Crippen molar-refractivity contribution in [2.24, 2.45) is 5.73 Å². The molecule has 1 fully saturated rings. The van der Waals surface area contributed by atoms with E-state index >= 15 is 0 Å². The lowest BCUT2D eigenvalue weighted by Crippen LogP contribution is -2.32. The Morgan fingerprint density at radius 2 is 2.03 bits per heavy atom. The van der Waals surface area contributed by atoms with Gasteiger partial charge in [-0.3, -0.25) is 4.79 Å². The molecular formula is C27H36N2O3. The number of carbonyl (C=O) groups is 1. The van der Waals surface area contributed by atoms with Crippen LogP contribution in [0.5, 0.6) is 0 Å². The molecule has 1 aliphatic heterocycles. The number of hydrogen-bond acceptors (Lipinski definition) is 3. The van der Waals surface area contributed by atoms with Crippen molar-refractivity contribution in [3.63, 3.8) is 0 Å². The molecule has 0 spiro atoms. The van der Waals surface area contributed by atoms with Gasteiger partial charge in [-0.25, -0.2) is 0 Å². The van der Waals surface area contributed by atoms with E-state index in [1.54, 1.807) is 6.08 Å². The number of benzene rings is 1. The number of unbranched alkanes of at least 4 members (excludes halogenated alkanes) is 4. The standard InChI is InChI=1S/C27H36N2O3/c1-2-3-4-5-8-11-17-29-19-22(18-25(28)27(30)31)24-16-12-14-21(26(24)29)13-9-6-7-10-15-23-20-32-23/h2-4,9,12-14,16,19,23,25H,1,5-8,10-11,15,17-18,20,28H2,(H,30,31)/t23?,25-/m0/s1. The maximum atomic E-state index is 11.3. The predicted molar refractivity (Wildman–Crippen MR) is 132 cm³/mol. The Kier molecular flexibility index (Phi) is 9.32. The molecule has 1 saturated heterocycles. The number of allylic oxidation sites excluding steroid dienone is 4. The third-order valence-corrected chi connectivity index (χ3v) is 5.91. The summed E-state index contributed by atoms with van der Waals surface area (Å²) in [5.74, 6) is -0.965. The second-order valence-corrected chi connectivity index (χ2v) is 8.54. The predicted octanol–water partition coefficient (Wildman–Crippen LogP) is 5.48. The SMILES string of the molecule is C=CC=CCCCCn1cc(C[C@H](N)C(=O)O)c2cccc(C=CCCCCC3CO3)c21. The minimum absolute atomic E-state index is 0.331. The number of carboxylic acid groups (broad SMARTS) is 1. The largest absolute Gasteiger partial charge is 0.480 e. The number of aryl methyl sites for hydroxylation is 1. The molecule has 0 radical (unpaired) electrons. The Balaban J connectivity index is 1.74. The third-order valence-electron chi connectivity index (χ3n) is 5.91. The highest BCUT2D eigenvalue weighted by atomic mass is 16.6. The maximum Gasteiger partial charge on any atom is 0.320 e. The van der Waals surface area contributed by atoms with Crippen LogP contribution in [0.3, 0.4) is 0 Å². The number of hydrogen-bond donors (Lipinski definition) is 2. The molecular weight excluding hydrogens is 400 g/mol. The number of para-hydroxylation sites is 1. The van der Waals surface area contributed by atoms with Crippen LogP contribution in [0.4, 0.5) is 0 Å². The number of aliphatic carboxylic acids is 1. The zero-order valence-corrected chi connectivity index (χ0v) is 18.9. The number of nitrogens with zero attached hydrogens (tertiary/aromatic N) is 1. The molecule has 2 atom stereocenters. The van der Waals surface area contributed by atoms with E-state index in [2.05, 4.69) is 47.7 Å². The lowest BCUT2D eigenvalue weighted by molar-refractivity contribution is -0.138. The Labute approximate surface area is 191 Å². The fourth-order valence-corrected chi connectivity index (χ4v) is 4.08. The molecule has 0 amide bonds. The summed E-state index contributed by atoms with van der Waals surface area (Å²) in [5.41, 5.74) is 9.21. The van der Waals surface area contributed by atoms with Crippen LogP contribution < -0.4 is 5.73 Å². The number of epoxide rings is 1. The summed E-state index contributed by atoms with van der Waals surface area (Å²) < 4.78 is 7.55. The second-order valence-electron chi connectivity index (χ2n) is 8.54. The van der Waals surface area contributed by atoms with Crippen LogP contribution >= 0.6 is 0 Å². The first-order chi connectivity index (χ1) is 15.6. The van der Waals surface area contributed by atoms with Crippen molar-refractivity contribution < 1.29 is 14.6 Å². The van der Waals surface area contributed by atoms with Gasteiger partial charge in [0.15, 0.2) is 0 Å². The summed E-state index contributed by atoms with van der Waals surface area (Å²) in [4.78, 5) is 11.3. The topological polar surface area (TPSA) is 80.8 Å². The van der Waals surface area contributed by atoms with Crippen LogP contribution in [0.2, 0.25) is 0 Å². The molecule has 0 saturated carbocycles. The van der Waals surface area contributed by atoms with E-state index in [1.165, 1.54) is 30.3 Å². The van der Waals surface area contributed by atoms with Gasteiger partial charge >= 0.3 is 5.97 Å². The van der Waals surface area contributed by atoms with Gasteiger partial charge in [0.25, 0.3) is 0 Å². The monoisotopic (exact) mass is 436 g/mol. The summed E-state index contributed by atoms with van der Waals surface area (Å²) >= 11 is 0. The first-order valence-electron chi connectivity index (χ1n) is 11.7. The van der Waals surface area contributed by atoms with E-state index in [9.17, 15) is 9.90 Å². The van der Waals surface area contributed by atoms with Crippen LogP contribution in [0, 0.1) is 0 Å². The van der Waals surface area contributed by atoms with E-state index in [0.29, 0.717) is 12.5 Å². The van der Waals surface area contributed by atoms with Gasteiger partial charge in [0.05, 0.1) is 18.2 Å². The molecule has 0 aliphatic carbocycles. The van der Waals surface area contributed by atoms with Crippen LogP contribution in [0.25, 0.3) is 17.0 Å². The van der Waals surface area contributed by atoms with Gasteiger partial charge in [0.2, 0.25) is 0 Å². The summed E-state index contributed by atoms with van der Waals surface area (Å²) in [7, 11) is 0. The van der Waals surface area contributed by atoms with E-state index in [0.717, 1.165) is 49.8 Å². The number of ether oxygens (including phenoxy) is 1. The van der Waals surface area contributed by atoms with Gasteiger partial charge in [0, 0.05) is 24.5 Å². The molecule has 1 aromatic carbocycles. The lowest BCUT2D eigenvalue weighted by Gasteiger charge is -2.07. The number of carboxylic acids is 1. The van der Waals surface area contributed by atoms with Crippen LogP contribution in [-0.2, 0) is 22.5 Å². The molecule has 3 rings (SSSR count). The van der Waals surface area contributed by atoms with E-state index < -0.39 is 12.0 Å². The highest BCUT2D eigenvalue weighted by Gasteiger charge is 2.21. The van der Waals surface area contributed by atoms with Gasteiger partial charge < -0.3 is 20.1 Å². The molecule has 2 heterocycles. The van der Waals surface area contributed by atoms with Crippen molar-refractivity contribution in [2.45, 2.75) is 70.1 Å². The number of fused-ring (bicyclic) bond motifs is 1. The summed E-state index contributed by atoms with van der Waals surface area (Å²) in [6.07, 6.45) is 21.1. The highest BCUT2D eigenvalue weighted by molar-refractivity contribution is 5.91. The zero-order valence-electron chi connectivity index (χ0n) is 18.9. The molecule has 5 heteroatoms. The lowest BCUT2D eigenvalue weighted by atomic mass is 10.0. The molecule has 172 valence electrons. The normalized spacial score (nSPS) is 16.8. The van der Waals surface area contributed by atoms with Gasteiger partial charge in [-0.15, -0.1) is 0 Å². The summed E-state index contributed by atoms with van der Waals surface area (Å²) in [5, 5.41) is 10.4. The summed E-state index contributed by atoms with van der Waals surface area (Å²) in [6.45, 7) is 5.54. The van der Waals surface area contributed by atoms with Crippen LogP contribution in [0.1, 0.15) is 56.1 Å². The van der Waals surface area contributed by atoms with Gasteiger partial charge in [-0.1, -0.05) is 61.6 Å². The second kappa shape index (κ2) is 12.4. The van der Waals surface area contributed by atoms with Crippen LogP contribution in [0.15, 0.2) is 55.3 Å². The first kappa shape index (κ1) is 24.0. The Morgan fingerprint density at radius 1 is 1.25 bits per heavy atom. The Morgan fingerprint density at radius 3 is 2.78 bits per heavy atom. The Hall–Kier alpha value is -2.63. The Bertz CT molecular complexity index is 953. The number of aromatic nitrogens is 1. The number of rotatable bonds is 15. The van der Waals surface area contributed by atoms with E-state index in [1.807, 2.05) is 12.1 Å². The fourth-order valence-electron chi connectivity index (χ4n) is 4.08. The third kappa shape index (κ3) is 7.21. The minimum atomic E-state index is -0.965. The van der Waals surface area contributed by atoms with Gasteiger partial charge in [0.1, 0.15) is 6.04 Å². The van der Waals surface area contributed by atoms with E-state index in [-0.39, 0.29) is 0 Å². The smallest absolute Gasteiger partial charge is 0.320 e. The highest BCUT2D eigenvalue weighted by Crippen LogP contribution is 2.28. The molecule has 5 nitrogen and oxygen atoms in total. The van der Waals surface area contributed by atoms with Crippen molar-refractivity contribution in [1.29, 1.82) is 0 Å². The van der Waals surface area contributed by atoms with Crippen molar-refractivity contribution in [3.8, 4) is 0 Å². The summed E-state index contributed by atoms with van der Waals surface area (Å²) in [6, 6.07) is 5.37. The molecule has 1 aliphatic rings. The molecule has 0 bridgehead atoms. The molecule has 2 aromatic rings. The fraction of sp³-hybridized carbons (Fsp3) is 0.444. The quantitative estimate of drug-likeness (QED) is 0.220. The van der Waals surface area contributed by atoms with Crippen LogP contribution in [-0.4, -0.2) is 34.4 Å². The van der Waals surface area contributed by atoms with E-state index in [4.69, 9.17) is 10.5 Å². The van der Waals surface area contributed by atoms with Crippen molar-refractivity contribution >= 4 is 22.9 Å². The average Bonchev–Trinajstić information content (AvgIpc) is 3.54.